The molecule has 0 saturated heterocycles. The molecular formula is C14H14N6O3S. The molecule has 24 heavy (non-hydrogen) atoms. The quantitative estimate of drug-likeness (QED) is 0.662. The van der Waals surface area contributed by atoms with Gasteiger partial charge < -0.3 is 5.32 Å². The molecule has 3 aromatic heterocycles. The number of nitrogens with zero attached hydrogens (tertiary/aromatic N) is 4. The molecule has 0 aliphatic rings. The van der Waals surface area contributed by atoms with E-state index < -0.39 is 15.9 Å². The van der Waals surface area contributed by atoms with Crippen molar-refractivity contribution < 1.29 is 13.2 Å². The topological polar surface area (TPSA) is 118 Å². The third-order valence-corrected chi connectivity index (χ3v) is 4.39. The minimum absolute atomic E-state index is 0.00552. The highest BCUT2D eigenvalue weighted by Gasteiger charge is 2.13. The van der Waals surface area contributed by atoms with Gasteiger partial charge in [-0.05, 0) is 24.3 Å². The molecule has 124 valence electrons. The molecule has 0 unspecified atom stereocenters. The smallest absolute Gasteiger partial charge is 0.289 e. The number of rotatable bonds is 6. The molecule has 0 atom stereocenters. The minimum Gasteiger partial charge on any atom is -0.348 e. The van der Waals surface area contributed by atoms with E-state index in [9.17, 15) is 13.2 Å². The molecule has 0 spiro atoms. The van der Waals surface area contributed by atoms with Crippen molar-refractivity contribution in [3.8, 4) is 0 Å². The van der Waals surface area contributed by atoms with Gasteiger partial charge in [-0.25, -0.2) is 22.9 Å². The standard InChI is InChI=1S/C14H14N6O3S/c21-14(13-15-4-1-5-16-13)17-7-9-24(22,23)19-11-3-8-20-12(10-11)2-6-18-20/h1-6,8,10,19H,7,9H2,(H,17,21). The third-order valence-electron chi connectivity index (χ3n) is 3.10. The van der Waals surface area contributed by atoms with E-state index in [4.69, 9.17) is 0 Å². The van der Waals surface area contributed by atoms with Crippen LogP contribution in [0.25, 0.3) is 5.52 Å². The molecule has 9 nitrogen and oxygen atoms in total. The molecular weight excluding hydrogens is 332 g/mol. The SMILES string of the molecule is O=C(NCCS(=O)(=O)Nc1ccn2nccc2c1)c1ncccn1. The van der Waals surface area contributed by atoms with Gasteiger partial charge in [0, 0.05) is 31.3 Å². The Kier molecular flexibility index (Phi) is 4.38. The lowest BCUT2D eigenvalue weighted by atomic mass is 10.4. The number of amides is 1. The zero-order chi connectivity index (χ0) is 17.0. The summed E-state index contributed by atoms with van der Waals surface area (Å²) in [5.74, 6) is -0.795. The Morgan fingerprint density at radius 3 is 2.75 bits per heavy atom. The lowest BCUT2D eigenvalue weighted by Crippen LogP contribution is -2.32. The van der Waals surface area contributed by atoms with Crippen molar-refractivity contribution in [1.29, 1.82) is 0 Å². The molecule has 3 aromatic rings. The molecule has 1 amide bonds. The van der Waals surface area contributed by atoms with Crippen LogP contribution in [0.5, 0.6) is 0 Å². The monoisotopic (exact) mass is 346 g/mol. The molecule has 0 fully saturated rings. The highest BCUT2D eigenvalue weighted by Crippen LogP contribution is 2.12. The molecule has 0 saturated carbocycles. The maximum Gasteiger partial charge on any atom is 0.289 e. The van der Waals surface area contributed by atoms with Crippen LogP contribution in [-0.2, 0) is 10.0 Å². The fourth-order valence-corrected chi connectivity index (χ4v) is 2.97. The molecule has 10 heteroatoms. The Morgan fingerprint density at radius 1 is 1.17 bits per heavy atom. The van der Waals surface area contributed by atoms with Gasteiger partial charge in [-0.3, -0.25) is 9.52 Å². The second-order valence-corrected chi connectivity index (χ2v) is 6.71. The van der Waals surface area contributed by atoms with Gasteiger partial charge in [0.2, 0.25) is 15.8 Å². The summed E-state index contributed by atoms with van der Waals surface area (Å²) in [5.41, 5.74) is 1.20. The van der Waals surface area contributed by atoms with Crippen molar-refractivity contribution >= 4 is 27.1 Å². The number of carbonyl (C=O) groups is 1. The Balaban J connectivity index is 1.57. The van der Waals surface area contributed by atoms with Crippen LogP contribution in [0, 0.1) is 0 Å². The van der Waals surface area contributed by atoms with Crippen LogP contribution in [0.3, 0.4) is 0 Å². The lowest BCUT2D eigenvalue weighted by molar-refractivity contribution is 0.0945. The van der Waals surface area contributed by atoms with Crippen molar-refractivity contribution in [2.24, 2.45) is 0 Å². The Bertz CT molecular complexity index is 955. The molecule has 2 N–H and O–H groups in total. The molecule has 0 aliphatic carbocycles. The number of aromatic nitrogens is 4. The first kappa shape index (κ1) is 15.9. The average molecular weight is 346 g/mol. The van der Waals surface area contributed by atoms with Crippen LogP contribution < -0.4 is 10.0 Å². The van der Waals surface area contributed by atoms with E-state index in [1.54, 1.807) is 41.2 Å². The Morgan fingerprint density at radius 2 is 1.96 bits per heavy atom. The summed E-state index contributed by atoms with van der Waals surface area (Å²) in [7, 11) is -3.60. The Hall–Kier alpha value is -3.01. The summed E-state index contributed by atoms with van der Waals surface area (Å²) in [6, 6.07) is 6.62. The van der Waals surface area contributed by atoms with Gasteiger partial charge in [0.15, 0.2) is 0 Å². The highest BCUT2D eigenvalue weighted by molar-refractivity contribution is 7.92. The molecule has 0 radical (unpaired) electrons. The predicted octanol–water partition coefficient (Wildman–Crippen LogP) is 0.296. The molecule has 0 aliphatic heterocycles. The number of carbonyl (C=O) groups excluding carboxylic acids is 1. The van der Waals surface area contributed by atoms with Crippen molar-refractivity contribution in [2.75, 3.05) is 17.0 Å². The van der Waals surface area contributed by atoms with Gasteiger partial charge in [0.25, 0.3) is 5.91 Å². The normalized spacial score (nSPS) is 11.3. The van der Waals surface area contributed by atoms with Gasteiger partial charge in [0.05, 0.1) is 17.0 Å². The molecule has 0 bridgehead atoms. The van der Waals surface area contributed by atoms with E-state index >= 15 is 0 Å². The van der Waals surface area contributed by atoms with E-state index in [0.29, 0.717) is 5.69 Å². The van der Waals surface area contributed by atoms with Crippen LogP contribution in [0.1, 0.15) is 10.6 Å². The van der Waals surface area contributed by atoms with Crippen LogP contribution >= 0.6 is 0 Å². The van der Waals surface area contributed by atoms with E-state index in [1.807, 2.05) is 0 Å². The number of fused-ring (bicyclic) bond motifs is 1. The lowest BCUT2D eigenvalue weighted by Gasteiger charge is -2.09. The summed E-state index contributed by atoms with van der Waals surface area (Å²) < 4.78 is 28.2. The number of nitrogens with one attached hydrogen (secondary N) is 2. The second kappa shape index (κ2) is 6.62. The number of hydrogen-bond donors (Lipinski definition) is 2. The molecule has 3 rings (SSSR count). The van der Waals surface area contributed by atoms with Gasteiger partial charge in [-0.1, -0.05) is 0 Å². The minimum atomic E-state index is -3.60. The summed E-state index contributed by atoms with van der Waals surface area (Å²) in [6.07, 6.45) is 6.15. The summed E-state index contributed by atoms with van der Waals surface area (Å²) in [5, 5.41) is 6.50. The third kappa shape index (κ3) is 3.84. The number of pyridine rings is 1. The number of anilines is 1. The fraction of sp³-hybridized carbons (Fsp3) is 0.143. The van der Waals surface area contributed by atoms with Gasteiger partial charge in [0.1, 0.15) is 0 Å². The predicted molar refractivity (Wildman–Crippen MR) is 87.0 cm³/mol. The average Bonchev–Trinajstić information content (AvgIpc) is 3.02. The maximum atomic E-state index is 12.1. The Labute approximate surface area is 137 Å². The first-order valence-corrected chi connectivity index (χ1v) is 8.68. The largest absolute Gasteiger partial charge is 0.348 e. The van der Waals surface area contributed by atoms with Crippen LogP contribution in [0.15, 0.2) is 49.1 Å². The second-order valence-electron chi connectivity index (χ2n) is 4.87. The van der Waals surface area contributed by atoms with E-state index in [1.165, 1.54) is 12.4 Å². The first-order valence-electron chi connectivity index (χ1n) is 7.03. The molecule has 0 aromatic carbocycles. The highest BCUT2D eigenvalue weighted by atomic mass is 32.2. The van der Waals surface area contributed by atoms with Crippen molar-refractivity contribution in [1.82, 2.24) is 24.9 Å². The first-order chi connectivity index (χ1) is 11.5. The van der Waals surface area contributed by atoms with Gasteiger partial charge >= 0.3 is 0 Å². The maximum absolute atomic E-state index is 12.1. The van der Waals surface area contributed by atoms with Crippen molar-refractivity contribution in [3.05, 3.63) is 54.9 Å². The van der Waals surface area contributed by atoms with Crippen LogP contribution in [0.2, 0.25) is 0 Å². The van der Waals surface area contributed by atoms with E-state index in [2.05, 4.69) is 25.1 Å². The zero-order valence-corrected chi connectivity index (χ0v) is 13.3. The van der Waals surface area contributed by atoms with Crippen molar-refractivity contribution in [3.63, 3.8) is 0 Å². The van der Waals surface area contributed by atoms with E-state index in [0.717, 1.165) is 5.52 Å². The summed E-state index contributed by atoms with van der Waals surface area (Å²) in [6.45, 7) is -0.0542. The van der Waals surface area contributed by atoms with Crippen LogP contribution in [0.4, 0.5) is 5.69 Å². The fourth-order valence-electron chi connectivity index (χ4n) is 2.01. The number of sulfonamides is 1. The summed E-state index contributed by atoms with van der Waals surface area (Å²) >= 11 is 0. The summed E-state index contributed by atoms with van der Waals surface area (Å²) in [4.78, 5) is 19.3. The van der Waals surface area contributed by atoms with Gasteiger partial charge in [-0.15, -0.1) is 0 Å². The van der Waals surface area contributed by atoms with Gasteiger partial charge in [-0.2, -0.15) is 5.10 Å². The molecule has 3 heterocycles. The zero-order valence-electron chi connectivity index (χ0n) is 12.5. The van der Waals surface area contributed by atoms with Crippen LogP contribution in [-0.4, -0.2) is 46.2 Å². The van der Waals surface area contributed by atoms with Crippen molar-refractivity contribution in [2.45, 2.75) is 0 Å². The van der Waals surface area contributed by atoms with E-state index in [-0.39, 0.29) is 18.1 Å². The number of hydrogen-bond acceptors (Lipinski definition) is 6.